The lowest BCUT2D eigenvalue weighted by atomic mass is 10.1. The largest absolute Gasteiger partial charge is 0.393 e. The van der Waals surface area contributed by atoms with Crippen LogP contribution in [0.4, 0.5) is 0 Å². The molecule has 0 aromatic heterocycles. The Labute approximate surface area is 73.0 Å². The molecule has 1 saturated heterocycles. The highest BCUT2D eigenvalue weighted by molar-refractivity contribution is 4.73. The minimum Gasteiger partial charge on any atom is -0.393 e. The molecule has 12 heavy (non-hydrogen) atoms. The van der Waals surface area contributed by atoms with Crippen LogP contribution < -0.4 is 5.73 Å². The van der Waals surface area contributed by atoms with E-state index in [0.29, 0.717) is 13.1 Å². The van der Waals surface area contributed by atoms with Gasteiger partial charge in [0.2, 0.25) is 0 Å². The van der Waals surface area contributed by atoms with Crippen molar-refractivity contribution in [1.29, 1.82) is 0 Å². The summed E-state index contributed by atoms with van der Waals surface area (Å²) in [7, 11) is 0. The van der Waals surface area contributed by atoms with Gasteiger partial charge < -0.3 is 20.8 Å². The number of aliphatic hydroxyl groups is 2. The molecule has 1 aliphatic rings. The molecule has 0 amide bonds. The second-order valence-corrected chi connectivity index (χ2v) is 3.42. The smallest absolute Gasteiger partial charge is 0.0789 e. The first-order valence-electron chi connectivity index (χ1n) is 4.51. The fourth-order valence-corrected chi connectivity index (χ4v) is 1.47. The molecule has 0 aromatic carbocycles. The molecule has 72 valence electrons. The summed E-state index contributed by atoms with van der Waals surface area (Å²) in [6.45, 7) is 2.71. The summed E-state index contributed by atoms with van der Waals surface area (Å²) in [6, 6.07) is 0. The zero-order valence-corrected chi connectivity index (χ0v) is 7.32. The zero-order chi connectivity index (χ0) is 8.97. The number of aliphatic hydroxyl groups excluding tert-OH is 2. The van der Waals surface area contributed by atoms with Gasteiger partial charge in [0.05, 0.1) is 12.2 Å². The third-order valence-electron chi connectivity index (χ3n) is 2.30. The van der Waals surface area contributed by atoms with Gasteiger partial charge in [-0.2, -0.15) is 0 Å². The second-order valence-electron chi connectivity index (χ2n) is 3.42. The van der Waals surface area contributed by atoms with Gasteiger partial charge in [-0.15, -0.1) is 0 Å². The molecular formula is C8H18N2O2. The summed E-state index contributed by atoms with van der Waals surface area (Å²) < 4.78 is 0. The third-order valence-corrected chi connectivity index (χ3v) is 2.30. The van der Waals surface area contributed by atoms with Crippen LogP contribution in [0.1, 0.15) is 12.8 Å². The van der Waals surface area contributed by atoms with E-state index in [-0.39, 0.29) is 6.10 Å². The van der Waals surface area contributed by atoms with Crippen LogP contribution in [0.2, 0.25) is 0 Å². The van der Waals surface area contributed by atoms with Gasteiger partial charge in [-0.1, -0.05) is 0 Å². The van der Waals surface area contributed by atoms with Gasteiger partial charge in [-0.05, 0) is 12.8 Å². The highest BCUT2D eigenvalue weighted by Gasteiger charge is 2.18. The van der Waals surface area contributed by atoms with Gasteiger partial charge in [0.15, 0.2) is 0 Å². The monoisotopic (exact) mass is 174 g/mol. The van der Waals surface area contributed by atoms with E-state index in [9.17, 15) is 10.2 Å². The molecule has 0 radical (unpaired) electrons. The van der Waals surface area contributed by atoms with Crippen LogP contribution in [0.15, 0.2) is 0 Å². The number of β-amino-alcohol motifs (C(OH)–C–C–N with tert-alkyl or cyclic N) is 1. The lowest BCUT2D eigenvalue weighted by Gasteiger charge is -2.30. The van der Waals surface area contributed by atoms with Gasteiger partial charge in [-0.3, -0.25) is 0 Å². The average Bonchev–Trinajstić information content (AvgIpc) is 2.09. The van der Waals surface area contributed by atoms with Crippen molar-refractivity contribution in [2.24, 2.45) is 5.73 Å². The maximum atomic E-state index is 9.25. The van der Waals surface area contributed by atoms with Gasteiger partial charge in [-0.25, -0.2) is 0 Å². The van der Waals surface area contributed by atoms with Crippen LogP contribution in [-0.2, 0) is 0 Å². The molecule has 1 aliphatic heterocycles. The maximum Gasteiger partial charge on any atom is 0.0789 e. The van der Waals surface area contributed by atoms with E-state index in [1.54, 1.807) is 0 Å². The number of hydrogen-bond donors (Lipinski definition) is 3. The molecule has 0 aromatic rings. The van der Waals surface area contributed by atoms with Crippen molar-refractivity contribution < 1.29 is 10.2 Å². The van der Waals surface area contributed by atoms with E-state index < -0.39 is 6.10 Å². The molecule has 0 bridgehead atoms. The Morgan fingerprint density at radius 3 is 2.50 bits per heavy atom. The summed E-state index contributed by atoms with van der Waals surface area (Å²) in [5, 5.41) is 18.5. The molecule has 4 N–H and O–H groups in total. The van der Waals surface area contributed by atoms with E-state index in [1.165, 1.54) is 0 Å². The number of nitrogens with two attached hydrogens (primary N) is 1. The van der Waals surface area contributed by atoms with Crippen LogP contribution in [0.5, 0.6) is 0 Å². The van der Waals surface area contributed by atoms with E-state index in [0.717, 1.165) is 25.9 Å². The Hall–Kier alpha value is -0.160. The van der Waals surface area contributed by atoms with Crippen LogP contribution in [0, 0.1) is 0 Å². The van der Waals surface area contributed by atoms with E-state index in [1.807, 2.05) is 0 Å². The van der Waals surface area contributed by atoms with E-state index in [4.69, 9.17) is 5.73 Å². The Kier molecular flexibility index (Phi) is 3.94. The number of hydrogen-bond acceptors (Lipinski definition) is 4. The van der Waals surface area contributed by atoms with Crippen LogP contribution >= 0.6 is 0 Å². The summed E-state index contributed by atoms with van der Waals surface area (Å²) in [5.41, 5.74) is 5.29. The Morgan fingerprint density at radius 1 is 1.42 bits per heavy atom. The van der Waals surface area contributed by atoms with Gasteiger partial charge in [0, 0.05) is 26.2 Å². The normalized spacial score (nSPS) is 24.2. The van der Waals surface area contributed by atoms with Crippen molar-refractivity contribution in [2.75, 3.05) is 26.2 Å². The van der Waals surface area contributed by atoms with Crippen molar-refractivity contribution in [3.63, 3.8) is 0 Å². The lowest BCUT2D eigenvalue weighted by Crippen LogP contribution is -2.42. The molecule has 1 fully saturated rings. The first kappa shape index (κ1) is 9.92. The van der Waals surface area contributed by atoms with Gasteiger partial charge in [0.1, 0.15) is 0 Å². The van der Waals surface area contributed by atoms with Crippen LogP contribution in [-0.4, -0.2) is 53.5 Å². The average molecular weight is 174 g/mol. The number of piperidine rings is 1. The van der Waals surface area contributed by atoms with Crippen molar-refractivity contribution >= 4 is 0 Å². The summed E-state index contributed by atoms with van der Waals surface area (Å²) in [5.74, 6) is 0. The Bertz CT molecular complexity index is 124. The van der Waals surface area contributed by atoms with Crippen LogP contribution in [0.3, 0.4) is 0 Å². The minimum atomic E-state index is -0.416. The molecule has 1 heterocycles. The van der Waals surface area contributed by atoms with Gasteiger partial charge >= 0.3 is 0 Å². The van der Waals surface area contributed by atoms with Crippen molar-refractivity contribution in [2.45, 2.75) is 25.0 Å². The fraction of sp³-hybridized carbons (Fsp3) is 1.00. The van der Waals surface area contributed by atoms with Crippen molar-refractivity contribution in [1.82, 2.24) is 4.90 Å². The zero-order valence-electron chi connectivity index (χ0n) is 7.32. The highest BCUT2D eigenvalue weighted by Crippen LogP contribution is 2.09. The standard InChI is InChI=1S/C8H18N2O2/c9-5-8(12)6-10-3-1-7(11)2-4-10/h7-8,11-12H,1-6,9H2/t8-/m0/s1. The van der Waals surface area contributed by atoms with Crippen molar-refractivity contribution in [3.05, 3.63) is 0 Å². The predicted molar refractivity (Wildman–Crippen MR) is 46.7 cm³/mol. The van der Waals surface area contributed by atoms with E-state index in [2.05, 4.69) is 4.90 Å². The topological polar surface area (TPSA) is 69.7 Å². The minimum absolute atomic E-state index is 0.142. The van der Waals surface area contributed by atoms with Crippen LogP contribution in [0.25, 0.3) is 0 Å². The fourth-order valence-electron chi connectivity index (χ4n) is 1.47. The quantitative estimate of drug-likeness (QED) is 0.501. The summed E-state index contributed by atoms with van der Waals surface area (Å²) in [6.07, 6.45) is 1.07. The Morgan fingerprint density at radius 2 is 2.00 bits per heavy atom. The van der Waals surface area contributed by atoms with Crippen molar-refractivity contribution in [3.8, 4) is 0 Å². The maximum absolute atomic E-state index is 9.25. The highest BCUT2D eigenvalue weighted by atomic mass is 16.3. The predicted octanol–water partition coefficient (Wildman–Crippen LogP) is -1.24. The molecule has 4 heteroatoms. The van der Waals surface area contributed by atoms with Gasteiger partial charge in [0.25, 0.3) is 0 Å². The third kappa shape index (κ3) is 3.06. The molecule has 0 spiro atoms. The molecule has 0 aliphatic carbocycles. The molecule has 1 atom stereocenters. The molecule has 0 saturated carbocycles. The number of likely N-dealkylation sites (tertiary alicyclic amines) is 1. The SMILES string of the molecule is NC[C@H](O)CN1CCC(O)CC1. The first-order valence-corrected chi connectivity index (χ1v) is 4.51. The molecule has 4 nitrogen and oxygen atoms in total. The molecular weight excluding hydrogens is 156 g/mol. The lowest BCUT2D eigenvalue weighted by molar-refractivity contribution is 0.0535. The number of nitrogens with zero attached hydrogens (tertiary/aromatic N) is 1. The first-order chi connectivity index (χ1) is 5.72. The summed E-state index contributed by atoms with van der Waals surface area (Å²) in [4.78, 5) is 2.14. The molecule has 1 rings (SSSR count). The Balaban J connectivity index is 2.17. The number of rotatable bonds is 3. The second kappa shape index (κ2) is 4.77. The summed E-state index contributed by atoms with van der Waals surface area (Å²) >= 11 is 0. The molecule has 0 unspecified atom stereocenters. The van der Waals surface area contributed by atoms with E-state index >= 15 is 0 Å².